The summed E-state index contributed by atoms with van der Waals surface area (Å²) in [4.78, 5) is 0. The molecule has 1 aliphatic rings. The molecule has 0 saturated carbocycles. The van der Waals surface area contributed by atoms with Crippen molar-refractivity contribution in [2.75, 3.05) is 12.5 Å². The summed E-state index contributed by atoms with van der Waals surface area (Å²) in [5.74, 6) is 1.44. The molecule has 2 heterocycles. The average Bonchev–Trinajstić information content (AvgIpc) is 2.96. The Balaban J connectivity index is 2.01. The quantitative estimate of drug-likeness (QED) is 0.695. The molecule has 0 spiro atoms. The molecule has 22 heavy (non-hydrogen) atoms. The van der Waals surface area contributed by atoms with Crippen LogP contribution in [0, 0.1) is 6.92 Å². The van der Waals surface area contributed by atoms with Gasteiger partial charge in [-0.3, -0.25) is 0 Å². The third-order valence-electron chi connectivity index (χ3n) is 3.73. The first-order valence-electron chi connectivity index (χ1n) is 6.75. The highest BCUT2D eigenvalue weighted by Crippen LogP contribution is 2.39. The van der Waals surface area contributed by atoms with Crippen molar-refractivity contribution in [3.05, 3.63) is 41.0 Å². The maximum absolute atomic E-state index is 5.99. The highest BCUT2D eigenvalue weighted by molar-refractivity contribution is 6.33. The second-order valence-electron chi connectivity index (χ2n) is 5.12. The molecule has 0 bridgehead atoms. The van der Waals surface area contributed by atoms with Gasteiger partial charge in [-0.05, 0) is 31.2 Å². The van der Waals surface area contributed by atoms with Crippen LogP contribution < -0.4 is 15.2 Å². The van der Waals surface area contributed by atoms with Gasteiger partial charge in [0.1, 0.15) is 5.69 Å². The third kappa shape index (κ3) is 1.94. The normalized spacial score (nSPS) is 12.8. The zero-order chi connectivity index (χ0) is 15.3. The van der Waals surface area contributed by atoms with Gasteiger partial charge in [0, 0.05) is 16.3 Å². The number of halogens is 1. The number of anilines is 1. The molecule has 3 aromatic rings. The van der Waals surface area contributed by atoms with Gasteiger partial charge in [-0.2, -0.15) is 5.10 Å². The molecule has 0 fully saturated rings. The lowest BCUT2D eigenvalue weighted by Crippen LogP contribution is -1.95. The zero-order valence-electron chi connectivity index (χ0n) is 11.8. The molecule has 0 atom stereocenters. The average molecular weight is 314 g/mol. The Morgan fingerprint density at radius 2 is 1.77 bits per heavy atom. The fourth-order valence-corrected chi connectivity index (χ4v) is 2.69. The number of fused-ring (bicyclic) bond motifs is 2. The standard InChI is InChI=1S/C16H12ClN3O2/c1-8-10-5-14-15(22-7-21-14)6-11(10)16(20-19-8)9-2-3-12(17)13(18)4-9/h2-6H,7,18H2,1H3. The molecular formula is C16H12ClN3O2. The Kier molecular flexibility index (Phi) is 2.84. The van der Waals surface area contributed by atoms with Crippen LogP contribution >= 0.6 is 11.6 Å². The van der Waals surface area contributed by atoms with Gasteiger partial charge in [0.15, 0.2) is 11.5 Å². The summed E-state index contributed by atoms with van der Waals surface area (Å²) in [6.45, 7) is 2.15. The molecule has 0 amide bonds. The number of hydrogen-bond acceptors (Lipinski definition) is 5. The largest absolute Gasteiger partial charge is 0.454 e. The lowest BCUT2D eigenvalue weighted by Gasteiger charge is -2.09. The van der Waals surface area contributed by atoms with Gasteiger partial charge in [-0.25, -0.2) is 0 Å². The minimum Gasteiger partial charge on any atom is -0.454 e. The predicted octanol–water partition coefficient (Wildman–Crippen LogP) is 3.57. The summed E-state index contributed by atoms with van der Waals surface area (Å²) in [7, 11) is 0. The second-order valence-corrected chi connectivity index (χ2v) is 5.53. The van der Waals surface area contributed by atoms with Gasteiger partial charge in [0.2, 0.25) is 6.79 Å². The third-order valence-corrected chi connectivity index (χ3v) is 4.07. The maximum atomic E-state index is 5.99. The second kappa shape index (κ2) is 4.74. The first kappa shape index (κ1) is 13.2. The minimum absolute atomic E-state index is 0.231. The van der Waals surface area contributed by atoms with E-state index < -0.39 is 0 Å². The SMILES string of the molecule is Cc1nnc(-c2ccc(Cl)c(N)c2)c2cc3c(cc12)OCO3. The summed E-state index contributed by atoms with van der Waals surface area (Å²) in [5, 5.41) is 11.0. The van der Waals surface area contributed by atoms with E-state index in [1.54, 1.807) is 12.1 Å². The van der Waals surface area contributed by atoms with E-state index >= 15 is 0 Å². The molecule has 2 N–H and O–H groups in total. The molecule has 1 aromatic heterocycles. The van der Waals surface area contributed by atoms with E-state index in [-0.39, 0.29) is 6.79 Å². The Morgan fingerprint density at radius 3 is 2.50 bits per heavy atom. The van der Waals surface area contributed by atoms with Crippen molar-refractivity contribution >= 4 is 28.1 Å². The van der Waals surface area contributed by atoms with Crippen LogP contribution in [0.3, 0.4) is 0 Å². The van der Waals surface area contributed by atoms with Crippen molar-refractivity contribution in [2.45, 2.75) is 6.92 Å². The highest BCUT2D eigenvalue weighted by atomic mass is 35.5. The smallest absolute Gasteiger partial charge is 0.231 e. The van der Waals surface area contributed by atoms with E-state index in [0.717, 1.165) is 33.5 Å². The fraction of sp³-hybridized carbons (Fsp3) is 0.125. The van der Waals surface area contributed by atoms with Gasteiger partial charge in [0.25, 0.3) is 0 Å². The van der Waals surface area contributed by atoms with Gasteiger partial charge in [-0.15, -0.1) is 5.10 Å². The van der Waals surface area contributed by atoms with Gasteiger partial charge < -0.3 is 15.2 Å². The molecule has 6 heteroatoms. The van der Waals surface area contributed by atoms with E-state index in [1.165, 1.54) is 0 Å². The number of benzene rings is 2. The van der Waals surface area contributed by atoms with Gasteiger partial charge in [0.05, 0.1) is 16.4 Å². The Hall–Kier alpha value is -2.53. The number of nitrogens with two attached hydrogens (primary N) is 1. The lowest BCUT2D eigenvalue weighted by atomic mass is 10.0. The topological polar surface area (TPSA) is 70.3 Å². The van der Waals surface area contributed by atoms with E-state index in [2.05, 4.69) is 10.2 Å². The molecule has 110 valence electrons. The molecule has 0 saturated heterocycles. The Bertz CT molecular complexity index is 912. The lowest BCUT2D eigenvalue weighted by molar-refractivity contribution is 0.174. The van der Waals surface area contributed by atoms with E-state index in [9.17, 15) is 0 Å². The number of ether oxygens (including phenoxy) is 2. The minimum atomic E-state index is 0.231. The van der Waals surface area contributed by atoms with Gasteiger partial charge in [-0.1, -0.05) is 17.7 Å². The van der Waals surface area contributed by atoms with Crippen molar-refractivity contribution in [2.24, 2.45) is 0 Å². The van der Waals surface area contributed by atoms with Crippen LogP contribution in [-0.2, 0) is 0 Å². The number of hydrogen-bond donors (Lipinski definition) is 1. The van der Waals surface area contributed by atoms with Crippen molar-refractivity contribution < 1.29 is 9.47 Å². The van der Waals surface area contributed by atoms with Crippen LogP contribution in [0.25, 0.3) is 22.0 Å². The monoisotopic (exact) mass is 313 g/mol. The summed E-state index contributed by atoms with van der Waals surface area (Å²) < 4.78 is 10.9. The number of rotatable bonds is 1. The summed E-state index contributed by atoms with van der Waals surface area (Å²) in [6.07, 6.45) is 0. The molecule has 5 nitrogen and oxygen atoms in total. The highest BCUT2D eigenvalue weighted by Gasteiger charge is 2.18. The molecule has 0 aliphatic carbocycles. The number of aryl methyl sites for hydroxylation is 1. The van der Waals surface area contributed by atoms with E-state index in [1.807, 2.05) is 25.1 Å². The van der Waals surface area contributed by atoms with Crippen LogP contribution in [0.4, 0.5) is 5.69 Å². The number of nitrogens with zero attached hydrogens (tertiary/aromatic N) is 2. The molecule has 0 unspecified atom stereocenters. The van der Waals surface area contributed by atoms with Crippen LogP contribution in [0.5, 0.6) is 11.5 Å². The first-order chi connectivity index (χ1) is 10.6. The van der Waals surface area contributed by atoms with Crippen molar-refractivity contribution in [3.8, 4) is 22.8 Å². The molecular weight excluding hydrogens is 302 g/mol. The van der Waals surface area contributed by atoms with Gasteiger partial charge >= 0.3 is 0 Å². The summed E-state index contributed by atoms with van der Waals surface area (Å²) in [5.41, 5.74) is 8.84. The molecule has 4 rings (SSSR count). The zero-order valence-corrected chi connectivity index (χ0v) is 12.5. The van der Waals surface area contributed by atoms with Crippen LogP contribution in [-0.4, -0.2) is 17.0 Å². The summed E-state index contributed by atoms with van der Waals surface area (Å²) in [6, 6.07) is 9.30. The Labute approximate surface area is 131 Å². The maximum Gasteiger partial charge on any atom is 0.231 e. The van der Waals surface area contributed by atoms with Crippen molar-refractivity contribution in [1.82, 2.24) is 10.2 Å². The first-order valence-corrected chi connectivity index (χ1v) is 7.13. The summed E-state index contributed by atoms with van der Waals surface area (Å²) >= 11 is 5.99. The van der Waals surface area contributed by atoms with Crippen molar-refractivity contribution in [3.63, 3.8) is 0 Å². The predicted molar refractivity (Wildman–Crippen MR) is 85.3 cm³/mol. The molecule has 0 radical (unpaired) electrons. The molecule has 1 aliphatic heterocycles. The van der Waals surface area contributed by atoms with E-state index in [0.29, 0.717) is 16.5 Å². The Morgan fingerprint density at radius 1 is 1.05 bits per heavy atom. The van der Waals surface area contributed by atoms with Crippen LogP contribution in [0.2, 0.25) is 5.02 Å². The molecule has 2 aromatic carbocycles. The van der Waals surface area contributed by atoms with Crippen molar-refractivity contribution in [1.29, 1.82) is 0 Å². The fourth-order valence-electron chi connectivity index (χ4n) is 2.57. The van der Waals surface area contributed by atoms with Crippen LogP contribution in [0.15, 0.2) is 30.3 Å². The van der Waals surface area contributed by atoms with Crippen LogP contribution in [0.1, 0.15) is 5.69 Å². The van der Waals surface area contributed by atoms with E-state index in [4.69, 9.17) is 26.8 Å². The number of nitrogen functional groups attached to an aromatic ring is 1. The number of aromatic nitrogens is 2.